The van der Waals surface area contributed by atoms with Crippen LogP contribution < -0.4 is 10.9 Å². The normalized spacial score (nSPS) is 28.7. The molecule has 1 atom stereocenters. The van der Waals surface area contributed by atoms with Gasteiger partial charge in [-0.15, -0.1) is 0 Å². The summed E-state index contributed by atoms with van der Waals surface area (Å²) in [6.07, 6.45) is 2.61. The van der Waals surface area contributed by atoms with Gasteiger partial charge in [0.2, 0.25) is 0 Å². The Morgan fingerprint density at radius 1 is 1.00 bits per heavy atom. The maximum atomic E-state index is 3.47. The largest absolute Gasteiger partial charge is 0.305 e. The van der Waals surface area contributed by atoms with E-state index in [1.165, 1.54) is 52.1 Å². The smallest absolute Gasteiger partial charge is 0.0340 e. The molecule has 2 N–H and O–H groups in total. The van der Waals surface area contributed by atoms with Crippen LogP contribution in [0.1, 0.15) is 12.8 Å². The first-order valence-corrected chi connectivity index (χ1v) is 7.32. The molecule has 0 bridgehead atoms. The highest BCUT2D eigenvalue weighted by Gasteiger charge is 2.16. The number of nitrogens with zero attached hydrogens (tertiary/aromatic N) is 3. The summed E-state index contributed by atoms with van der Waals surface area (Å²) >= 11 is 0. The zero-order chi connectivity index (χ0) is 12.8. The van der Waals surface area contributed by atoms with Crippen molar-refractivity contribution in [1.82, 2.24) is 25.6 Å². The van der Waals surface area contributed by atoms with Crippen molar-refractivity contribution in [3.8, 4) is 0 Å². The van der Waals surface area contributed by atoms with E-state index in [4.69, 9.17) is 0 Å². The monoisotopic (exact) mass is 255 g/mol. The molecule has 2 aliphatic rings. The minimum absolute atomic E-state index is 0.622. The van der Waals surface area contributed by atoms with Crippen LogP contribution in [-0.2, 0) is 0 Å². The summed E-state index contributed by atoms with van der Waals surface area (Å²) in [5.41, 5.74) is 6.87. The van der Waals surface area contributed by atoms with Gasteiger partial charge in [0.25, 0.3) is 0 Å². The number of piperazine rings is 1. The van der Waals surface area contributed by atoms with Crippen LogP contribution in [0.5, 0.6) is 0 Å². The molecule has 2 heterocycles. The first-order valence-electron chi connectivity index (χ1n) is 7.32. The molecule has 0 spiro atoms. The van der Waals surface area contributed by atoms with E-state index in [0.717, 1.165) is 13.1 Å². The molecular formula is C13H29N5. The van der Waals surface area contributed by atoms with E-state index in [1.54, 1.807) is 0 Å². The van der Waals surface area contributed by atoms with E-state index in [-0.39, 0.29) is 0 Å². The SMILES string of the molecule is CN1CCN(CCNNC2CCCN(C)C2)CC1. The van der Waals surface area contributed by atoms with Gasteiger partial charge in [0.05, 0.1) is 0 Å². The van der Waals surface area contributed by atoms with Crippen LogP contribution in [0.4, 0.5) is 0 Å². The molecule has 1 unspecified atom stereocenters. The van der Waals surface area contributed by atoms with Crippen molar-refractivity contribution in [2.45, 2.75) is 18.9 Å². The molecule has 2 aliphatic heterocycles. The van der Waals surface area contributed by atoms with Crippen LogP contribution >= 0.6 is 0 Å². The van der Waals surface area contributed by atoms with Gasteiger partial charge in [-0.3, -0.25) is 15.8 Å². The van der Waals surface area contributed by atoms with Crippen molar-refractivity contribution in [1.29, 1.82) is 0 Å². The summed E-state index contributed by atoms with van der Waals surface area (Å²) in [5.74, 6) is 0. The highest BCUT2D eigenvalue weighted by molar-refractivity contribution is 4.75. The number of piperidine rings is 1. The number of nitrogens with one attached hydrogen (secondary N) is 2. The maximum Gasteiger partial charge on any atom is 0.0340 e. The standard InChI is InChI=1S/C13H29N5/c1-16-8-10-18(11-9-16)7-5-14-15-13-4-3-6-17(2)12-13/h13-15H,3-12H2,1-2H3. The molecule has 2 rings (SSSR count). The van der Waals surface area contributed by atoms with Gasteiger partial charge in [0.1, 0.15) is 0 Å². The van der Waals surface area contributed by atoms with Gasteiger partial charge in [-0.1, -0.05) is 0 Å². The second-order valence-corrected chi connectivity index (χ2v) is 5.82. The maximum absolute atomic E-state index is 3.47. The summed E-state index contributed by atoms with van der Waals surface area (Å²) in [7, 11) is 4.41. The zero-order valence-electron chi connectivity index (χ0n) is 12.0. The summed E-state index contributed by atoms with van der Waals surface area (Å²) in [5, 5.41) is 0. The molecule has 5 heteroatoms. The lowest BCUT2D eigenvalue weighted by Crippen LogP contribution is -2.52. The third-order valence-electron chi connectivity index (χ3n) is 4.08. The predicted molar refractivity (Wildman–Crippen MR) is 75.6 cm³/mol. The second-order valence-electron chi connectivity index (χ2n) is 5.82. The van der Waals surface area contributed by atoms with Crippen molar-refractivity contribution in [2.24, 2.45) is 0 Å². The fourth-order valence-electron chi connectivity index (χ4n) is 2.79. The Kier molecular flexibility index (Phi) is 5.85. The lowest BCUT2D eigenvalue weighted by Gasteiger charge is -2.33. The first kappa shape index (κ1) is 14.2. The molecule has 18 heavy (non-hydrogen) atoms. The van der Waals surface area contributed by atoms with E-state index in [1.807, 2.05) is 0 Å². The van der Waals surface area contributed by atoms with Crippen LogP contribution in [0.25, 0.3) is 0 Å². The van der Waals surface area contributed by atoms with E-state index in [0.29, 0.717) is 6.04 Å². The molecule has 0 amide bonds. The van der Waals surface area contributed by atoms with E-state index < -0.39 is 0 Å². The number of rotatable bonds is 5. The van der Waals surface area contributed by atoms with Crippen LogP contribution in [0.3, 0.4) is 0 Å². The Hall–Kier alpha value is -0.200. The summed E-state index contributed by atoms with van der Waals surface area (Å²) < 4.78 is 0. The third-order valence-corrected chi connectivity index (χ3v) is 4.08. The Labute approximate surface area is 111 Å². The number of likely N-dealkylation sites (tertiary alicyclic amines) is 1. The average Bonchev–Trinajstić information content (AvgIpc) is 2.37. The molecule has 106 valence electrons. The molecule has 2 saturated heterocycles. The molecule has 0 saturated carbocycles. The van der Waals surface area contributed by atoms with E-state index in [2.05, 4.69) is 39.6 Å². The summed E-state index contributed by atoms with van der Waals surface area (Å²) in [6, 6.07) is 0.622. The second kappa shape index (κ2) is 7.40. The van der Waals surface area contributed by atoms with Gasteiger partial charge in [-0.25, -0.2) is 0 Å². The molecule has 5 nitrogen and oxygen atoms in total. The summed E-state index contributed by atoms with van der Waals surface area (Å²) in [6.45, 7) is 9.46. The lowest BCUT2D eigenvalue weighted by atomic mass is 10.1. The number of likely N-dealkylation sites (N-methyl/N-ethyl adjacent to an activating group) is 2. The molecule has 0 aromatic rings. The molecule has 0 radical (unpaired) electrons. The fraction of sp³-hybridized carbons (Fsp3) is 1.00. The highest BCUT2D eigenvalue weighted by atomic mass is 15.4. The van der Waals surface area contributed by atoms with Crippen molar-refractivity contribution in [3.63, 3.8) is 0 Å². The van der Waals surface area contributed by atoms with E-state index in [9.17, 15) is 0 Å². The third kappa shape index (κ3) is 4.82. The molecular weight excluding hydrogens is 226 g/mol. The number of hydrogen-bond acceptors (Lipinski definition) is 5. The van der Waals surface area contributed by atoms with Crippen molar-refractivity contribution >= 4 is 0 Å². The van der Waals surface area contributed by atoms with Gasteiger partial charge >= 0.3 is 0 Å². The zero-order valence-corrected chi connectivity index (χ0v) is 12.0. The van der Waals surface area contributed by atoms with E-state index >= 15 is 0 Å². The number of hydrogen-bond donors (Lipinski definition) is 2. The van der Waals surface area contributed by atoms with Gasteiger partial charge < -0.3 is 9.80 Å². The van der Waals surface area contributed by atoms with Gasteiger partial charge in [-0.05, 0) is 33.5 Å². The molecule has 0 aliphatic carbocycles. The highest BCUT2D eigenvalue weighted by Crippen LogP contribution is 2.06. The van der Waals surface area contributed by atoms with Crippen LogP contribution in [0.15, 0.2) is 0 Å². The Bertz CT molecular complexity index is 227. The van der Waals surface area contributed by atoms with Crippen LogP contribution in [0.2, 0.25) is 0 Å². The average molecular weight is 255 g/mol. The minimum Gasteiger partial charge on any atom is -0.305 e. The minimum atomic E-state index is 0.622. The topological polar surface area (TPSA) is 33.8 Å². The van der Waals surface area contributed by atoms with Gasteiger partial charge in [0, 0.05) is 51.9 Å². The predicted octanol–water partition coefficient (Wildman–Crippen LogP) is -0.578. The fourth-order valence-corrected chi connectivity index (χ4v) is 2.79. The molecule has 0 aromatic heterocycles. The molecule has 0 aromatic carbocycles. The lowest BCUT2D eigenvalue weighted by molar-refractivity contribution is 0.150. The summed E-state index contributed by atoms with van der Waals surface area (Å²) in [4.78, 5) is 7.35. The Morgan fingerprint density at radius 2 is 1.78 bits per heavy atom. The Balaban J connectivity index is 1.50. The number of hydrazine groups is 1. The van der Waals surface area contributed by atoms with Crippen LogP contribution in [0, 0.1) is 0 Å². The van der Waals surface area contributed by atoms with Crippen molar-refractivity contribution < 1.29 is 0 Å². The Morgan fingerprint density at radius 3 is 2.50 bits per heavy atom. The quantitative estimate of drug-likeness (QED) is 0.508. The van der Waals surface area contributed by atoms with Crippen molar-refractivity contribution in [3.05, 3.63) is 0 Å². The van der Waals surface area contributed by atoms with Gasteiger partial charge in [0.15, 0.2) is 0 Å². The first-order chi connectivity index (χ1) is 8.74. The van der Waals surface area contributed by atoms with Crippen LogP contribution in [-0.4, -0.2) is 87.2 Å². The van der Waals surface area contributed by atoms with Gasteiger partial charge in [-0.2, -0.15) is 0 Å². The molecule has 2 fully saturated rings. The van der Waals surface area contributed by atoms with Crippen molar-refractivity contribution in [2.75, 3.05) is 66.5 Å².